The molecule has 2 atom stereocenters. The van der Waals surface area contributed by atoms with Crippen LogP contribution in [0.15, 0.2) is 0 Å². The van der Waals surface area contributed by atoms with Gasteiger partial charge in [0.05, 0.1) is 12.2 Å². The van der Waals surface area contributed by atoms with Gasteiger partial charge in [-0.15, -0.1) is 0 Å². The molecule has 1 fully saturated rings. The van der Waals surface area contributed by atoms with Gasteiger partial charge in [0.25, 0.3) is 0 Å². The molecule has 0 aromatic rings. The number of rotatable bonds is 6. The Balaban J connectivity index is 2.49. The molecule has 5 heteroatoms. The first-order valence-corrected chi connectivity index (χ1v) is 10.8. The smallest absolute Gasteiger partial charge is 0.191 e. The van der Waals surface area contributed by atoms with Crippen molar-refractivity contribution in [3.8, 4) is 0 Å². The second kappa shape index (κ2) is 6.90. The van der Waals surface area contributed by atoms with Crippen molar-refractivity contribution in [3.63, 3.8) is 0 Å². The summed E-state index contributed by atoms with van der Waals surface area (Å²) in [6.07, 6.45) is 3.05. The molecule has 124 valence electrons. The van der Waals surface area contributed by atoms with Crippen LogP contribution in [0.3, 0.4) is 0 Å². The molecule has 0 aliphatic carbocycles. The summed E-state index contributed by atoms with van der Waals surface area (Å²) in [7, 11) is -1.70. The average molecular weight is 317 g/mol. The van der Waals surface area contributed by atoms with Crippen molar-refractivity contribution in [2.45, 2.75) is 90.0 Å². The zero-order chi connectivity index (χ0) is 16.3. The van der Waals surface area contributed by atoms with E-state index in [9.17, 15) is 4.79 Å². The van der Waals surface area contributed by atoms with Crippen LogP contribution in [0.1, 0.15) is 53.9 Å². The second-order valence-corrected chi connectivity index (χ2v) is 12.7. The van der Waals surface area contributed by atoms with Gasteiger partial charge in [-0.1, -0.05) is 20.8 Å². The molecule has 0 unspecified atom stereocenters. The first kappa shape index (κ1) is 18.8. The molecule has 1 aliphatic rings. The average Bonchev–Trinajstić information content (AvgIpc) is 2.25. The fourth-order valence-electron chi connectivity index (χ4n) is 2.31. The first-order valence-electron chi connectivity index (χ1n) is 7.90. The highest BCUT2D eigenvalue weighted by Gasteiger charge is 2.38. The van der Waals surface area contributed by atoms with Crippen LogP contribution in [0.4, 0.5) is 0 Å². The summed E-state index contributed by atoms with van der Waals surface area (Å²) >= 11 is 0. The molecule has 0 aromatic carbocycles. The minimum Gasteiger partial charge on any atom is -0.417 e. The molecule has 1 heterocycles. The van der Waals surface area contributed by atoms with Crippen LogP contribution in [0, 0.1) is 0 Å². The number of ether oxygens (including phenoxy) is 2. The van der Waals surface area contributed by atoms with Gasteiger partial charge in [-0.3, -0.25) is 0 Å². The number of hydrogen-bond acceptors (Lipinski definition) is 4. The third-order valence-corrected chi connectivity index (χ3v) is 9.03. The fraction of sp³-hybridized carbons (Fsp3) is 0.938. The zero-order valence-electron chi connectivity index (χ0n) is 14.7. The van der Waals surface area contributed by atoms with E-state index < -0.39 is 14.1 Å². The molecule has 0 bridgehead atoms. The van der Waals surface area contributed by atoms with E-state index in [1.807, 2.05) is 13.8 Å². The maximum absolute atomic E-state index is 10.7. The highest BCUT2D eigenvalue weighted by atomic mass is 28.4. The maximum atomic E-state index is 10.7. The van der Waals surface area contributed by atoms with E-state index in [1.165, 1.54) is 0 Å². The standard InChI is InChI=1S/C16H32O4Si/c1-15(2,3)21(6,7)18-11-9-14-12-13(8-10-17)19-16(4,5)20-14/h10,13-14H,8-9,11-12H2,1-7H3/t13-,14+/m1/s1. The van der Waals surface area contributed by atoms with Gasteiger partial charge in [0.1, 0.15) is 6.29 Å². The Morgan fingerprint density at radius 2 is 1.81 bits per heavy atom. The molecular weight excluding hydrogens is 284 g/mol. The van der Waals surface area contributed by atoms with E-state index in [2.05, 4.69) is 33.9 Å². The van der Waals surface area contributed by atoms with Gasteiger partial charge >= 0.3 is 0 Å². The van der Waals surface area contributed by atoms with Crippen LogP contribution in [-0.2, 0) is 18.7 Å². The molecular formula is C16H32O4Si. The largest absolute Gasteiger partial charge is 0.417 e. The topological polar surface area (TPSA) is 44.8 Å². The van der Waals surface area contributed by atoms with Crippen molar-refractivity contribution in [2.75, 3.05) is 6.61 Å². The van der Waals surface area contributed by atoms with Crippen molar-refractivity contribution in [1.29, 1.82) is 0 Å². The van der Waals surface area contributed by atoms with Gasteiger partial charge in [-0.2, -0.15) is 0 Å². The van der Waals surface area contributed by atoms with Crippen LogP contribution in [0.5, 0.6) is 0 Å². The highest BCUT2D eigenvalue weighted by molar-refractivity contribution is 6.74. The van der Waals surface area contributed by atoms with Crippen LogP contribution >= 0.6 is 0 Å². The molecule has 1 saturated heterocycles. The van der Waals surface area contributed by atoms with E-state index in [0.29, 0.717) is 13.0 Å². The SMILES string of the molecule is CC1(C)O[C@H](CC=O)C[C@H](CCO[Si](C)(C)C(C)(C)C)O1. The number of carbonyl (C=O) groups is 1. The third kappa shape index (κ3) is 5.81. The van der Waals surface area contributed by atoms with Crippen LogP contribution in [0.25, 0.3) is 0 Å². The molecule has 4 nitrogen and oxygen atoms in total. The quantitative estimate of drug-likeness (QED) is 0.551. The minimum atomic E-state index is -1.70. The molecule has 1 rings (SSSR count). The van der Waals surface area contributed by atoms with Gasteiger partial charge in [-0.25, -0.2) is 0 Å². The van der Waals surface area contributed by atoms with Crippen LogP contribution in [-0.4, -0.2) is 39.2 Å². The fourth-order valence-corrected chi connectivity index (χ4v) is 3.37. The van der Waals surface area contributed by atoms with Gasteiger partial charge in [0.2, 0.25) is 0 Å². The van der Waals surface area contributed by atoms with Crippen molar-refractivity contribution in [1.82, 2.24) is 0 Å². The van der Waals surface area contributed by atoms with Crippen molar-refractivity contribution in [2.24, 2.45) is 0 Å². The van der Waals surface area contributed by atoms with E-state index in [1.54, 1.807) is 0 Å². The summed E-state index contributed by atoms with van der Waals surface area (Å²) in [5.41, 5.74) is 0. The van der Waals surface area contributed by atoms with E-state index in [4.69, 9.17) is 13.9 Å². The zero-order valence-corrected chi connectivity index (χ0v) is 15.7. The van der Waals surface area contributed by atoms with E-state index in [-0.39, 0.29) is 17.2 Å². The van der Waals surface area contributed by atoms with Gasteiger partial charge in [0, 0.05) is 19.4 Å². The third-order valence-electron chi connectivity index (χ3n) is 4.49. The Morgan fingerprint density at radius 3 is 2.33 bits per heavy atom. The Bertz CT molecular complexity index is 347. The maximum Gasteiger partial charge on any atom is 0.191 e. The van der Waals surface area contributed by atoms with Crippen molar-refractivity contribution < 1.29 is 18.7 Å². The molecule has 21 heavy (non-hydrogen) atoms. The lowest BCUT2D eigenvalue weighted by molar-refractivity contribution is -0.300. The summed E-state index contributed by atoms with van der Waals surface area (Å²) in [4.78, 5) is 10.7. The van der Waals surface area contributed by atoms with Gasteiger partial charge in [0.15, 0.2) is 14.1 Å². The monoisotopic (exact) mass is 316 g/mol. The Hall–Kier alpha value is -0.233. The summed E-state index contributed by atoms with van der Waals surface area (Å²) in [6.45, 7) is 15.8. The summed E-state index contributed by atoms with van der Waals surface area (Å²) in [5.74, 6) is -0.617. The highest BCUT2D eigenvalue weighted by Crippen LogP contribution is 2.37. The Kier molecular flexibility index (Phi) is 6.18. The Morgan fingerprint density at radius 1 is 1.24 bits per heavy atom. The lowest BCUT2D eigenvalue weighted by Crippen LogP contribution is -2.46. The minimum absolute atomic E-state index is 0.0379. The molecule has 0 spiro atoms. The van der Waals surface area contributed by atoms with Crippen LogP contribution < -0.4 is 0 Å². The lowest BCUT2D eigenvalue weighted by Gasteiger charge is -2.41. The summed E-state index contributed by atoms with van der Waals surface area (Å²) < 4.78 is 17.9. The molecule has 0 saturated carbocycles. The second-order valence-electron chi connectivity index (χ2n) is 7.92. The van der Waals surface area contributed by atoms with Crippen LogP contribution in [0.2, 0.25) is 18.1 Å². The Labute approximate surface area is 130 Å². The number of aldehydes is 1. The first-order chi connectivity index (χ1) is 9.47. The predicted octanol–water partition coefficient (Wildman–Crippen LogP) is 3.90. The number of carbonyl (C=O) groups excluding carboxylic acids is 1. The van der Waals surface area contributed by atoms with Crippen molar-refractivity contribution in [3.05, 3.63) is 0 Å². The van der Waals surface area contributed by atoms with Gasteiger partial charge in [-0.05, 0) is 38.4 Å². The summed E-state index contributed by atoms with van der Waals surface area (Å²) in [6, 6.07) is 0. The normalized spacial score (nSPS) is 26.6. The number of hydrogen-bond donors (Lipinski definition) is 0. The predicted molar refractivity (Wildman–Crippen MR) is 86.9 cm³/mol. The van der Waals surface area contributed by atoms with E-state index >= 15 is 0 Å². The molecule has 1 aliphatic heterocycles. The molecule has 0 radical (unpaired) electrons. The van der Waals surface area contributed by atoms with Gasteiger partial charge < -0.3 is 18.7 Å². The molecule has 0 amide bonds. The van der Waals surface area contributed by atoms with E-state index in [0.717, 1.165) is 19.1 Å². The lowest BCUT2D eigenvalue weighted by atomic mass is 10.0. The molecule has 0 N–H and O–H groups in total. The molecule has 0 aromatic heterocycles. The van der Waals surface area contributed by atoms with Crippen molar-refractivity contribution >= 4 is 14.6 Å². The summed E-state index contributed by atoms with van der Waals surface area (Å²) in [5, 5.41) is 0.225.